The third kappa shape index (κ3) is 0.960. The van der Waals surface area contributed by atoms with Crippen molar-refractivity contribution in [3.63, 3.8) is 0 Å². The lowest BCUT2D eigenvalue weighted by molar-refractivity contribution is 0.505. The van der Waals surface area contributed by atoms with Crippen molar-refractivity contribution in [2.24, 2.45) is 5.10 Å². The first-order chi connectivity index (χ1) is 5.38. The predicted octanol–water partition coefficient (Wildman–Crippen LogP) is 0.434. The fourth-order valence-corrected chi connectivity index (χ4v) is 1.05. The second kappa shape index (κ2) is 2.30. The van der Waals surface area contributed by atoms with Gasteiger partial charge in [-0.3, -0.25) is 5.43 Å². The van der Waals surface area contributed by atoms with Gasteiger partial charge in [0, 0.05) is 7.05 Å². The molecule has 1 N–H and O–H groups in total. The van der Waals surface area contributed by atoms with Crippen LogP contribution in [0.1, 0.15) is 5.56 Å². The van der Waals surface area contributed by atoms with Gasteiger partial charge in [-0.1, -0.05) is 0 Å². The molecule has 0 saturated heterocycles. The van der Waals surface area contributed by atoms with E-state index in [0.717, 1.165) is 18.1 Å². The van der Waals surface area contributed by atoms with E-state index in [4.69, 9.17) is 4.42 Å². The van der Waals surface area contributed by atoms with Gasteiger partial charge in [-0.2, -0.15) is 5.10 Å². The van der Waals surface area contributed by atoms with Crippen LogP contribution in [-0.4, -0.2) is 24.5 Å². The third-order valence-electron chi connectivity index (χ3n) is 1.63. The van der Waals surface area contributed by atoms with E-state index >= 15 is 0 Å². The first kappa shape index (κ1) is 6.27. The van der Waals surface area contributed by atoms with Crippen LogP contribution in [0, 0.1) is 0 Å². The van der Waals surface area contributed by atoms with Crippen LogP contribution < -0.4 is 5.43 Å². The summed E-state index contributed by atoms with van der Waals surface area (Å²) in [6, 6.07) is 1.89. The number of nitrogens with one attached hydrogen (secondary N) is 1. The van der Waals surface area contributed by atoms with Crippen molar-refractivity contribution < 1.29 is 4.42 Å². The SMILES string of the molecule is CN1CNN=C1c1ccoc1. The van der Waals surface area contributed by atoms with Gasteiger partial charge in [0.2, 0.25) is 0 Å². The van der Waals surface area contributed by atoms with Gasteiger partial charge in [0.1, 0.15) is 12.9 Å². The number of hydrogen-bond donors (Lipinski definition) is 1. The van der Waals surface area contributed by atoms with Gasteiger partial charge in [0.05, 0.1) is 11.8 Å². The summed E-state index contributed by atoms with van der Waals surface area (Å²) in [6.45, 7) is 0.764. The molecule has 4 nitrogen and oxygen atoms in total. The minimum absolute atomic E-state index is 0.764. The largest absolute Gasteiger partial charge is 0.472 e. The Kier molecular flexibility index (Phi) is 1.31. The molecule has 1 aromatic rings. The molecular weight excluding hydrogens is 142 g/mol. The Morgan fingerprint density at radius 3 is 3.18 bits per heavy atom. The van der Waals surface area contributed by atoms with Crippen LogP contribution >= 0.6 is 0 Å². The molecule has 4 heteroatoms. The van der Waals surface area contributed by atoms with E-state index in [9.17, 15) is 0 Å². The molecule has 0 bridgehead atoms. The van der Waals surface area contributed by atoms with Crippen LogP contribution in [0.25, 0.3) is 0 Å². The highest BCUT2D eigenvalue weighted by molar-refractivity contribution is 5.98. The standard InChI is InChI=1S/C7H9N3O/c1-10-5-8-9-7(10)6-2-3-11-4-6/h2-4,8H,5H2,1H3. The maximum atomic E-state index is 4.94. The average Bonchev–Trinajstić information content (AvgIpc) is 2.55. The Morgan fingerprint density at radius 2 is 2.64 bits per heavy atom. The van der Waals surface area contributed by atoms with E-state index < -0.39 is 0 Å². The number of nitrogens with zero attached hydrogens (tertiary/aromatic N) is 2. The van der Waals surface area contributed by atoms with Crippen molar-refractivity contribution in [2.75, 3.05) is 13.7 Å². The maximum absolute atomic E-state index is 4.94. The number of hydrazone groups is 1. The van der Waals surface area contributed by atoms with Crippen LogP contribution in [0.3, 0.4) is 0 Å². The topological polar surface area (TPSA) is 40.8 Å². The molecule has 0 saturated carbocycles. The van der Waals surface area contributed by atoms with E-state index in [1.807, 2.05) is 18.0 Å². The van der Waals surface area contributed by atoms with E-state index in [-0.39, 0.29) is 0 Å². The molecule has 0 aromatic carbocycles. The van der Waals surface area contributed by atoms with E-state index in [1.54, 1.807) is 12.5 Å². The molecule has 0 aliphatic carbocycles. The van der Waals surface area contributed by atoms with Gasteiger partial charge in [0.25, 0.3) is 0 Å². The molecular formula is C7H9N3O. The molecule has 1 aromatic heterocycles. The molecule has 2 heterocycles. The lowest BCUT2D eigenvalue weighted by Crippen LogP contribution is -2.24. The quantitative estimate of drug-likeness (QED) is 0.633. The Balaban J connectivity index is 2.30. The molecule has 0 fully saturated rings. The van der Waals surface area contributed by atoms with Gasteiger partial charge >= 0.3 is 0 Å². The summed E-state index contributed by atoms with van der Waals surface area (Å²) >= 11 is 0. The average molecular weight is 151 g/mol. The normalized spacial score (nSPS) is 16.5. The van der Waals surface area contributed by atoms with Crippen LogP contribution in [0.2, 0.25) is 0 Å². The van der Waals surface area contributed by atoms with Gasteiger partial charge < -0.3 is 9.32 Å². The van der Waals surface area contributed by atoms with Gasteiger partial charge in [-0.15, -0.1) is 0 Å². The highest BCUT2D eigenvalue weighted by Gasteiger charge is 2.14. The minimum atomic E-state index is 0.764. The molecule has 0 radical (unpaired) electrons. The smallest absolute Gasteiger partial charge is 0.160 e. The minimum Gasteiger partial charge on any atom is -0.472 e. The molecule has 11 heavy (non-hydrogen) atoms. The molecule has 0 amide bonds. The summed E-state index contributed by atoms with van der Waals surface area (Å²) < 4.78 is 4.94. The van der Waals surface area contributed by atoms with E-state index in [1.165, 1.54) is 0 Å². The number of rotatable bonds is 1. The van der Waals surface area contributed by atoms with Gasteiger partial charge in [0.15, 0.2) is 5.84 Å². The summed E-state index contributed by atoms with van der Waals surface area (Å²) in [7, 11) is 1.98. The van der Waals surface area contributed by atoms with E-state index in [0.29, 0.717) is 0 Å². The first-order valence-corrected chi connectivity index (χ1v) is 3.42. The van der Waals surface area contributed by atoms with Crippen molar-refractivity contribution in [1.82, 2.24) is 10.3 Å². The molecule has 1 aliphatic heterocycles. The Labute approximate surface area is 64.5 Å². The number of hydrogen-bond acceptors (Lipinski definition) is 4. The lowest BCUT2D eigenvalue weighted by Gasteiger charge is -2.09. The van der Waals surface area contributed by atoms with Gasteiger partial charge in [-0.25, -0.2) is 0 Å². The summed E-state index contributed by atoms with van der Waals surface area (Å²) in [6.07, 6.45) is 3.33. The molecule has 0 atom stereocenters. The van der Waals surface area contributed by atoms with Crippen molar-refractivity contribution in [2.45, 2.75) is 0 Å². The third-order valence-corrected chi connectivity index (χ3v) is 1.63. The zero-order valence-electron chi connectivity index (χ0n) is 6.24. The van der Waals surface area contributed by atoms with Crippen molar-refractivity contribution in [3.8, 4) is 0 Å². The summed E-state index contributed by atoms with van der Waals surface area (Å²) in [5, 5.41) is 4.09. The molecule has 0 spiro atoms. The van der Waals surface area contributed by atoms with Crippen molar-refractivity contribution in [3.05, 3.63) is 24.2 Å². The zero-order chi connectivity index (χ0) is 7.68. The zero-order valence-corrected chi connectivity index (χ0v) is 6.24. The number of furan rings is 1. The second-order valence-electron chi connectivity index (χ2n) is 2.46. The fraction of sp³-hybridized carbons (Fsp3) is 0.286. The summed E-state index contributed by atoms with van der Waals surface area (Å²) in [5.41, 5.74) is 3.89. The molecule has 2 rings (SSSR count). The van der Waals surface area contributed by atoms with Gasteiger partial charge in [-0.05, 0) is 6.07 Å². The second-order valence-corrected chi connectivity index (χ2v) is 2.46. The van der Waals surface area contributed by atoms with E-state index in [2.05, 4.69) is 10.5 Å². The summed E-state index contributed by atoms with van der Waals surface area (Å²) in [5.74, 6) is 0.929. The molecule has 1 aliphatic rings. The number of amidine groups is 1. The van der Waals surface area contributed by atoms with Crippen LogP contribution in [0.4, 0.5) is 0 Å². The molecule has 0 unspecified atom stereocenters. The first-order valence-electron chi connectivity index (χ1n) is 3.42. The van der Waals surface area contributed by atoms with Crippen LogP contribution in [0.5, 0.6) is 0 Å². The van der Waals surface area contributed by atoms with Crippen LogP contribution in [-0.2, 0) is 0 Å². The summed E-state index contributed by atoms with van der Waals surface area (Å²) in [4.78, 5) is 2.02. The van der Waals surface area contributed by atoms with Crippen LogP contribution in [0.15, 0.2) is 28.1 Å². The Bertz CT molecular complexity index is 265. The highest BCUT2D eigenvalue weighted by Crippen LogP contribution is 2.07. The maximum Gasteiger partial charge on any atom is 0.160 e. The monoisotopic (exact) mass is 151 g/mol. The molecule has 58 valence electrons. The predicted molar refractivity (Wildman–Crippen MR) is 41.0 cm³/mol. The lowest BCUT2D eigenvalue weighted by atomic mass is 10.3. The van der Waals surface area contributed by atoms with Crippen molar-refractivity contribution in [1.29, 1.82) is 0 Å². The van der Waals surface area contributed by atoms with Crippen molar-refractivity contribution >= 4 is 5.84 Å². The fourth-order valence-electron chi connectivity index (χ4n) is 1.05. The Hall–Kier alpha value is -1.45. The highest BCUT2D eigenvalue weighted by atomic mass is 16.3. The Morgan fingerprint density at radius 1 is 1.73 bits per heavy atom.